The molecule has 0 aromatic rings. The zero-order chi connectivity index (χ0) is 33.2. The van der Waals surface area contributed by atoms with E-state index in [1.54, 1.807) is 0 Å². The lowest BCUT2D eigenvalue weighted by atomic mass is 10.0. The van der Waals surface area contributed by atoms with Crippen molar-refractivity contribution in [3.63, 3.8) is 0 Å². The summed E-state index contributed by atoms with van der Waals surface area (Å²) in [6.45, 7) is 10.9. The van der Waals surface area contributed by atoms with Gasteiger partial charge in [-0.1, -0.05) is 168 Å². The molecule has 0 aliphatic rings. The first-order valence-corrected chi connectivity index (χ1v) is 20.3. The maximum atomic E-state index is 11.3. The van der Waals surface area contributed by atoms with E-state index in [1.165, 1.54) is 135 Å². The molecule has 272 valence electrons. The van der Waals surface area contributed by atoms with Crippen molar-refractivity contribution in [2.75, 3.05) is 39.3 Å². The second-order valence-corrected chi connectivity index (χ2v) is 14.3. The van der Waals surface area contributed by atoms with Crippen molar-refractivity contribution < 1.29 is 20.2 Å². The normalized spacial score (nSPS) is 14.7. The summed E-state index contributed by atoms with van der Waals surface area (Å²) in [5, 5.41) is 33.0. The summed E-state index contributed by atoms with van der Waals surface area (Å²) in [5.74, 6) is 0. The number of unbranched alkanes of at least 4 members (excludes halogenated alkanes) is 21. The summed E-state index contributed by atoms with van der Waals surface area (Å²) < 4.78 is 0. The van der Waals surface area contributed by atoms with Gasteiger partial charge in [0, 0.05) is 32.6 Å². The van der Waals surface area contributed by atoms with Crippen LogP contribution in [0, 0.1) is 0 Å². The first-order valence-electron chi connectivity index (χ1n) is 20.3. The average molecular weight is 643 g/mol. The van der Waals surface area contributed by atoms with E-state index >= 15 is 0 Å². The van der Waals surface area contributed by atoms with Crippen molar-refractivity contribution >= 4 is 0 Å². The molecule has 6 N–H and O–H groups in total. The molecular formula is C39H84N3O3+. The Kier molecular flexibility index (Phi) is 34.9. The number of aliphatic hydroxyl groups is 3. The molecule has 0 amide bonds. The summed E-state index contributed by atoms with van der Waals surface area (Å²) >= 11 is 0. The zero-order valence-corrected chi connectivity index (χ0v) is 30.9. The Labute approximate surface area is 282 Å². The molecule has 4 unspecified atom stereocenters. The monoisotopic (exact) mass is 643 g/mol. The van der Waals surface area contributed by atoms with Gasteiger partial charge in [-0.15, -0.1) is 0 Å². The Bertz CT molecular complexity index is 568. The number of nitrogens with two attached hydrogens (primary N) is 1. The standard InChI is InChI=1S/C39H83N3O3/c1-4-7-10-13-16-19-22-25-28-37(43)35-41(32-31-40)33-34-42(39(45)30-27-24-21-18-15-12-9-6-3)36-38(44)29-26-23-20-17-14-11-8-5-2/h37-39,43-45H,4-36,40H2,1-3H3/p+1. The second-order valence-electron chi connectivity index (χ2n) is 14.3. The summed E-state index contributed by atoms with van der Waals surface area (Å²) in [6.07, 6.45) is 31.9. The molecule has 0 aromatic heterocycles. The molecule has 0 heterocycles. The number of nitrogens with one attached hydrogen (secondary N) is 1. The molecule has 0 saturated carbocycles. The van der Waals surface area contributed by atoms with Crippen LogP contribution in [-0.4, -0.2) is 77.9 Å². The Morgan fingerprint density at radius 2 is 0.867 bits per heavy atom. The van der Waals surface area contributed by atoms with Crippen LogP contribution in [0.5, 0.6) is 0 Å². The first kappa shape index (κ1) is 44.8. The summed E-state index contributed by atoms with van der Waals surface area (Å²) in [5.41, 5.74) is 5.97. The van der Waals surface area contributed by atoms with Gasteiger partial charge in [-0.25, -0.2) is 0 Å². The van der Waals surface area contributed by atoms with E-state index in [-0.39, 0.29) is 12.2 Å². The Morgan fingerprint density at radius 1 is 0.489 bits per heavy atom. The van der Waals surface area contributed by atoms with Gasteiger partial charge in [0.2, 0.25) is 0 Å². The number of nitrogens with zero attached hydrogens (tertiary/aromatic N) is 1. The molecule has 0 spiro atoms. The molecule has 0 fully saturated rings. The lowest BCUT2D eigenvalue weighted by Gasteiger charge is -2.30. The van der Waals surface area contributed by atoms with Crippen molar-refractivity contribution in [2.45, 2.75) is 213 Å². The van der Waals surface area contributed by atoms with Gasteiger partial charge in [-0.3, -0.25) is 4.90 Å². The molecule has 0 aromatic carbocycles. The maximum absolute atomic E-state index is 11.3. The highest BCUT2D eigenvalue weighted by Gasteiger charge is 2.24. The Balaban J connectivity index is 4.69. The second kappa shape index (κ2) is 35.1. The van der Waals surface area contributed by atoms with Crippen molar-refractivity contribution in [1.82, 2.24) is 4.90 Å². The minimum Gasteiger partial charge on any atom is -0.392 e. The van der Waals surface area contributed by atoms with Crippen LogP contribution in [0.15, 0.2) is 0 Å². The molecule has 0 radical (unpaired) electrons. The van der Waals surface area contributed by atoms with E-state index in [0.29, 0.717) is 19.6 Å². The molecule has 6 heteroatoms. The SMILES string of the molecule is CCCCCCCCCCC(O)CN(CCN)CC[NH+](CC(O)CCCCCCCCCC)C(O)CCCCCCCCCC. The maximum Gasteiger partial charge on any atom is 0.189 e. The van der Waals surface area contributed by atoms with E-state index in [9.17, 15) is 15.3 Å². The number of rotatable bonds is 37. The highest BCUT2D eigenvalue weighted by atomic mass is 16.3. The molecule has 0 aliphatic heterocycles. The van der Waals surface area contributed by atoms with Crippen molar-refractivity contribution in [1.29, 1.82) is 0 Å². The predicted molar refractivity (Wildman–Crippen MR) is 196 cm³/mol. The fourth-order valence-corrected chi connectivity index (χ4v) is 6.68. The number of hydrogen-bond acceptors (Lipinski definition) is 5. The average Bonchev–Trinajstić information content (AvgIpc) is 3.03. The number of hydrogen-bond donors (Lipinski definition) is 5. The number of quaternary nitrogens is 1. The largest absolute Gasteiger partial charge is 0.392 e. The molecular weight excluding hydrogens is 558 g/mol. The first-order chi connectivity index (χ1) is 22.0. The molecule has 0 aliphatic carbocycles. The molecule has 45 heavy (non-hydrogen) atoms. The highest BCUT2D eigenvalue weighted by Crippen LogP contribution is 2.13. The fraction of sp³-hybridized carbons (Fsp3) is 1.00. The van der Waals surface area contributed by atoms with Gasteiger partial charge in [-0.2, -0.15) is 0 Å². The fourth-order valence-electron chi connectivity index (χ4n) is 6.68. The van der Waals surface area contributed by atoms with Crippen LogP contribution in [0.1, 0.15) is 194 Å². The lowest BCUT2D eigenvalue weighted by molar-refractivity contribution is -0.950. The molecule has 6 nitrogen and oxygen atoms in total. The van der Waals surface area contributed by atoms with E-state index in [4.69, 9.17) is 5.73 Å². The highest BCUT2D eigenvalue weighted by molar-refractivity contribution is 4.66. The van der Waals surface area contributed by atoms with E-state index in [0.717, 1.165) is 63.1 Å². The topological polar surface area (TPSA) is 94.4 Å². The zero-order valence-electron chi connectivity index (χ0n) is 30.9. The molecule has 4 atom stereocenters. The minimum absolute atomic E-state index is 0.324. The van der Waals surface area contributed by atoms with Crippen LogP contribution in [0.25, 0.3) is 0 Å². The Hall–Kier alpha value is -0.240. The van der Waals surface area contributed by atoms with E-state index in [2.05, 4.69) is 25.7 Å². The van der Waals surface area contributed by atoms with Gasteiger partial charge in [0.1, 0.15) is 12.6 Å². The summed E-state index contributed by atoms with van der Waals surface area (Å²) in [6, 6.07) is 0. The van der Waals surface area contributed by atoms with Crippen molar-refractivity contribution in [2.24, 2.45) is 5.73 Å². The van der Waals surface area contributed by atoms with E-state index in [1.807, 2.05) is 0 Å². The van der Waals surface area contributed by atoms with Gasteiger partial charge in [0.15, 0.2) is 6.23 Å². The molecule has 0 rings (SSSR count). The van der Waals surface area contributed by atoms with Crippen LogP contribution in [0.3, 0.4) is 0 Å². The summed E-state index contributed by atoms with van der Waals surface area (Å²) in [7, 11) is 0. The quantitative estimate of drug-likeness (QED) is 0.0353. The molecule has 0 bridgehead atoms. The van der Waals surface area contributed by atoms with Gasteiger partial charge < -0.3 is 26.0 Å². The Morgan fingerprint density at radius 3 is 1.29 bits per heavy atom. The third kappa shape index (κ3) is 30.8. The molecule has 0 saturated heterocycles. The minimum atomic E-state index is -0.444. The van der Waals surface area contributed by atoms with Gasteiger partial charge in [0.25, 0.3) is 0 Å². The van der Waals surface area contributed by atoms with Gasteiger partial charge >= 0.3 is 0 Å². The van der Waals surface area contributed by atoms with Gasteiger partial charge in [0.05, 0.1) is 12.6 Å². The van der Waals surface area contributed by atoms with Crippen LogP contribution >= 0.6 is 0 Å². The smallest absolute Gasteiger partial charge is 0.189 e. The lowest BCUT2D eigenvalue weighted by Crippen LogP contribution is -3.17. The van der Waals surface area contributed by atoms with Crippen LogP contribution in [0.4, 0.5) is 0 Å². The van der Waals surface area contributed by atoms with Crippen LogP contribution < -0.4 is 10.6 Å². The van der Waals surface area contributed by atoms with Gasteiger partial charge in [-0.05, 0) is 19.3 Å². The van der Waals surface area contributed by atoms with Crippen molar-refractivity contribution in [3.8, 4) is 0 Å². The van der Waals surface area contributed by atoms with Crippen molar-refractivity contribution in [3.05, 3.63) is 0 Å². The van der Waals surface area contributed by atoms with E-state index < -0.39 is 6.23 Å². The van der Waals surface area contributed by atoms with Crippen LogP contribution in [-0.2, 0) is 0 Å². The summed E-state index contributed by atoms with van der Waals surface area (Å²) in [4.78, 5) is 3.38. The third-order valence-corrected chi connectivity index (χ3v) is 9.75. The van der Waals surface area contributed by atoms with Crippen LogP contribution in [0.2, 0.25) is 0 Å². The predicted octanol–water partition coefficient (Wildman–Crippen LogP) is 7.76. The number of aliphatic hydroxyl groups excluding tert-OH is 3. The third-order valence-electron chi connectivity index (χ3n) is 9.75.